The normalized spacial score (nSPS) is 17.8. The average Bonchev–Trinajstić information content (AvgIpc) is 3.20. The summed E-state index contributed by atoms with van der Waals surface area (Å²) < 4.78 is 10.9. The summed E-state index contributed by atoms with van der Waals surface area (Å²) in [5.41, 5.74) is 2.58. The van der Waals surface area contributed by atoms with Gasteiger partial charge in [0.05, 0.1) is 25.8 Å². The van der Waals surface area contributed by atoms with Crippen LogP contribution in [0.2, 0.25) is 10.0 Å². The Hall–Kier alpha value is -3.02. The van der Waals surface area contributed by atoms with E-state index < -0.39 is 0 Å². The van der Waals surface area contributed by atoms with Gasteiger partial charge in [0.25, 0.3) is 0 Å². The third kappa shape index (κ3) is 4.18. The highest BCUT2D eigenvalue weighted by atomic mass is 35.5. The first kappa shape index (κ1) is 22.2. The number of amidine groups is 1. The molecular formula is C25H22Cl2N2O3. The second-order valence-corrected chi connectivity index (χ2v) is 8.27. The van der Waals surface area contributed by atoms with Gasteiger partial charge in [-0.15, -0.1) is 0 Å². The van der Waals surface area contributed by atoms with Crippen molar-refractivity contribution in [1.82, 2.24) is 4.90 Å². The lowest BCUT2D eigenvalue weighted by Gasteiger charge is -2.29. The molecule has 0 fully saturated rings. The zero-order valence-corrected chi connectivity index (χ0v) is 19.4. The lowest BCUT2D eigenvalue weighted by Crippen LogP contribution is -2.36. The monoisotopic (exact) mass is 468 g/mol. The van der Waals surface area contributed by atoms with Crippen LogP contribution in [-0.2, 0) is 4.79 Å². The molecule has 0 saturated carbocycles. The van der Waals surface area contributed by atoms with Gasteiger partial charge in [-0.2, -0.15) is 0 Å². The van der Waals surface area contributed by atoms with Crippen molar-refractivity contribution in [2.75, 3.05) is 14.2 Å². The zero-order valence-electron chi connectivity index (χ0n) is 17.9. The van der Waals surface area contributed by atoms with E-state index in [9.17, 15) is 4.79 Å². The molecule has 3 aromatic rings. The number of nitrogens with zero attached hydrogens (tertiary/aromatic N) is 2. The van der Waals surface area contributed by atoms with E-state index in [1.165, 1.54) is 0 Å². The van der Waals surface area contributed by atoms with E-state index in [4.69, 9.17) is 37.7 Å². The van der Waals surface area contributed by atoms with Crippen molar-refractivity contribution in [3.05, 3.63) is 93.5 Å². The Morgan fingerprint density at radius 2 is 1.47 bits per heavy atom. The standard InChI is InChI=1S/C25H22Cl2N2O3/c1-15(30)29-24(17-6-10-19(27)11-7-17)23(16-4-8-18(26)9-5-16)28-25(29)21-13-12-20(31-2)14-22(21)32-3/h4-14,23-24H,1-3H3. The van der Waals surface area contributed by atoms with Crippen molar-refractivity contribution in [2.24, 2.45) is 4.99 Å². The van der Waals surface area contributed by atoms with E-state index in [0.29, 0.717) is 32.9 Å². The third-order valence-corrected chi connectivity index (χ3v) is 5.98. The van der Waals surface area contributed by atoms with Crippen LogP contribution in [0.3, 0.4) is 0 Å². The van der Waals surface area contributed by atoms with E-state index in [1.807, 2.05) is 60.7 Å². The van der Waals surface area contributed by atoms with Crippen LogP contribution in [0.1, 0.15) is 35.7 Å². The summed E-state index contributed by atoms with van der Waals surface area (Å²) in [5, 5.41) is 1.27. The molecule has 0 aliphatic carbocycles. The second-order valence-electron chi connectivity index (χ2n) is 7.40. The van der Waals surface area contributed by atoms with Gasteiger partial charge in [-0.25, -0.2) is 0 Å². The Morgan fingerprint density at radius 3 is 2.00 bits per heavy atom. The minimum atomic E-state index is -0.354. The molecule has 2 unspecified atom stereocenters. The molecule has 0 bridgehead atoms. The number of amides is 1. The Kier molecular flexibility index (Phi) is 6.40. The van der Waals surface area contributed by atoms with E-state index >= 15 is 0 Å². The molecular weight excluding hydrogens is 447 g/mol. The number of hydrogen-bond donors (Lipinski definition) is 0. The van der Waals surface area contributed by atoms with Gasteiger partial charge in [0.1, 0.15) is 23.4 Å². The molecule has 0 saturated heterocycles. The second kappa shape index (κ2) is 9.23. The Bertz CT molecular complexity index is 1160. The predicted molar refractivity (Wildman–Crippen MR) is 127 cm³/mol. The highest BCUT2D eigenvalue weighted by molar-refractivity contribution is 6.30. The van der Waals surface area contributed by atoms with E-state index in [0.717, 1.165) is 11.1 Å². The molecule has 0 radical (unpaired) electrons. The van der Waals surface area contributed by atoms with Crippen molar-refractivity contribution in [1.29, 1.82) is 0 Å². The van der Waals surface area contributed by atoms with E-state index in [1.54, 1.807) is 32.1 Å². The first-order valence-corrected chi connectivity index (χ1v) is 10.8. The summed E-state index contributed by atoms with van der Waals surface area (Å²) in [5.74, 6) is 1.64. The number of halogens is 2. The molecule has 0 spiro atoms. The number of rotatable bonds is 5. The van der Waals surface area contributed by atoms with Crippen molar-refractivity contribution in [3.63, 3.8) is 0 Å². The largest absolute Gasteiger partial charge is 0.497 e. The minimum absolute atomic E-state index is 0.127. The van der Waals surface area contributed by atoms with Crippen LogP contribution in [-0.4, -0.2) is 30.9 Å². The summed E-state index contributed by atoms with van der Waals surface area (Å²) in [6.45, 7) is 1.54. The molecule has 4 rings (SSSR count). The minimum Gasteiger partial charge on any atom is -0.497 e. The first-order chi connectivity index (χ1) is 15.4. The maximum atomic E-state index is 13.0. The topological polar surface area (TPSA) is 51.1 Å². The molecule has 7 heteroatoms. The summed E-state index contributed by atoms with van der Waals surface area (Å²) in [6, 6.07) is 19.8. The fraction of sp³-hybridized carbons (Fsp3) is 0.200. The van der Waals surface area contributed by atoms with E-state index in [-0.39, 0.29) is 18.0 Å². The van der Waals surface area contributed by atoms with Gasteiger partial charge in [0.15, 0.2) is 0 Å². The lowest BCUT2D eigenvalue weighted by molar-refractivity contribution is -0.126. The molecule has 1 amide bonds. The van der Waals surface area contributed by atoms with Gasteiger partial charge in [-0.3, -0.25) is 14.7 Å². The Morgan fingerprint density at radius 1 is 0.875 bits per heavy atom. The molecule has 164 valence electrons. The van der Waals surface area contributed by atoms with Gasteiger partial charge in [0.2, 0.25) is 5.91 Å². The van der Waals surface area contributed by atoms with Crippen LogP contribution in [0.4, 0.5) is 0 Å². The zero-order chi connectivity index (χ0) is 22.8. The number of hydrogen-bond acceptors (Lipinski definition) is 4. The lowest BCUT2D eigenvalue weighted by atomic mass is 9.93. The van der Waals surface area contributed by atoms with Crippen molar-refractivity contribution < 1.29 is 14.3 Å². The quantitative estimate of drug-likeness (QED) is 0.454. The molecule has 1 heterocycles. The van der Waals surface area contributed by atoms with Crippen molar-refractivity contribution in [2.45, 2.75) is 19.0 Å². The number of methoxy groups -OCH3 is 2. The Balaban J connectivity index is 1.90. The first-order valence-electron chi connectivity index (χ1n) is 10.0. The van der Waals surface area contributed by atoms with Crippen molar-refractivity contribution in [3.8, 4) is 11.5 Å². The summed E-state index contributed by atoms with van der Waals surface area (Å²) in [6.07, 6.45) is 0. The summed E-state index contributed by atoms with van der Waals surface area (Å²) in [4.78, 5) is 19.7. The number of carbonyl (C=O) groups is 1. The van der Waals surface area contributed by atoms with Gasteiger partial charge >= 0.3 is 0 Å². The fourth-order valence-corrected chi connectivity index (χ4v) is 4.23. The number of ether oxygens (including phenoxy) is 2. The molecule has 3 aromatic carbocycles. The fourth-order valence-electron chi connectivity index (χ4n) is 3.97. The molecule has 5 nitrogen and oxygen atoms in total. The third-order valence-electron chi connectivity index (χ3n) is 5.48. The van der Waals surface area contributed by atoms with Gasteiger partial charge < -0.3 is 9.47 Å². The number of benzene rings is 3. The van der Waals surface area contributed by atoms with Gasteiger partial charge in [-0.05, 0) is 47.5 Å². The molecule has 0 N–H and O–H groups in total. The van der Waals surface area contributed by atoms with Crippen LogP contribution in [0.5, 0.6) is 11.5 Å². The predicted octanol–water partition coefficient (Wildman–Crippen LogP) is 6.10. The van der Waals surface area contributed by atoms with Crippen LogP contribution in [0.15, 0.2) is 71.7 Å². The molecule has 32 heavy (non-hydrogen) atoms. The van der Waals surface area contributed by atoms with E-state index in [2.05, 4.69) is 0 Å². The summed E-state index contributed by atoms with van der Waals surface area (Å²) >= 11 is 12.2. The highest BCUT2D eigenvalue weighted by Gasteiger charge is 2.41. The van der Waals surface area contributed by atoms with Crippen molar-refractivity contribution >= 4 is 34.9 Å². The average molecular weight is 469 g/mol. The number of carbonyl (C=O) groups excluding carboxylic acids is 1. The maximum absolute atomic E-state index is 13.0. The number of aliphatic imine (C=N–C) groups is 1. The molecule has 2 atom stereocenters. The summed E-state index contributed by atoms with van der Waals surface area (Å²) in [7, 11) is 3.18. The maximum Gasteiger partial charge on any atom is 0.225 e. The van der Waals surface area contributed by atoms with Crippen LogP contribution in [0.25, 0.3) is 0 Å². The van der Waals surface area contributed by atoms with Gasteiger partial charge in [0, 0.05) is 23.0 Å². The molecule has 1 aliphatic rings. The van der Waals surface area contributed by atoms with Crippen LogP contribution < -0.4 is 9.47 Å². The van der Waals surface area contributed by atoms with Crippen LogP contribution in [0, 0.1) is 0 Å². The smallest absolute Gasteiger partial charge is 0.225 e. The SMILES string of the molecule is COc1ccc(C2=NC(c3ccc(Cl)cc3)C(c3ccc(Cl)cc3)N2C(C)=O)c(OC)c1. The molecule has 1 aliphatic heterocycles. The Labute approximate surface area is 197 Å². The van der Waals surface area contributed by atoms with Gasteiger partial charge in [-0.1, -0.05) is 47.5 Å². The molecule has 0 aromatic heterocycles. The van der Waals surface area contributed by atoms with Crippen LogP contribution >= 0.6 is 23.2 Å². The highest BCUT2D eigenvalue weighted by Crippen LogP contribution is 2.45.